The topological polar surface area (TPSA) is 49.8 Å². The maximum Gasteiger partial charge on any atom is 0.136 e. The van der Waals surface area contributed by atoms with Crippen LogP contribution in [0.5, 0.6) is 0 Å². The van der Waals surface area contributed by atoms with Crippen LogP contribution >= 0.6 is 0 Å². The van der Waals surface area contributed by atoms with Gasteiger partial charge in [-0.15, -0.1) is 0 Å². The van der Waals surface area contributed by atoms with Crippen LogP contribution in [0.3, 0.4) is 0 Å². The predicted octanol–water partition coefficient (Wildman–Crippen LogP) is 3.78. The Hall–Kier alpha value is -1.32. The fourth-order valence-corrected chi connectivity index (χ4v) is 2.94. The molecule has 2 aliphatic carbocycles. The summed E-state index contributed by atoms with van der Waals surface area (Å²) in [5.41, 5.74) is 0.513. The summed E-state index contributed by atoms with van der Waals surface area (Å²) < 4.78 is 0. The molecule has 0 amide bonds. The van der Waals surface area contributed by atoms with Gasteiger partial charge in [-0.2, -0.15) is 0 Å². The van der Waals surface area contributed by atoms with Crippen LogP contribution in [0, 0.1) is 5.41 Å². The molecule has 0 aromatic carbocycles. The maximum absolute atomic E-state index is 4.71. The van der Waals surface area contributed by atoms with Crippen LogP contribution in [-0.4, -0.2) is 23.1 Å². The summed E-state index contributed by atoms with van der Waals surface area (Å²) in [7, 11) is 1.92. The number of rotatable bonds is 4. The standard InChI is InChI=1S/C16H26N4/c1-16(2)8-6-12(7-9-16)18-14-10-13(17-3)19-15(20-14)11-4-5-11/h10-12H,4-9H2,1-3H3,(H2,17,18,19,20). The lowest BCUT2D eigenvalue weighted by molar-refractivity contribution is 0.232. The highest BCUT2D eigenvalue weighted by molar-refractivity contribution is 5.48. The summed E-state index contributed by atoms with van der Waals surface area (Å²) in [4.78, 5) is 9.28. The van der Waals surface area contributed by atoms with E-state index in [0.29, 0.717) is 17.4 Å². The molecule has 0 spiro atoms. The number of aromatic nitrogens is 2. The van der Waals surface area contributed by atoms with Crippen molar-refractivity contribution in [1.29, 1.82) is 0 Å². The number of nitrogens with one attached hydrogen (secondary N) is 2. The summed E-state index contributed by atoms with van der Waals surface area (Å²) in [5.74, 6) is 3.53. The van der Waals surface area contributed by atoms with E-state index in [-0.39, 0.29) is 0 Å². The zero-order valence-electron chi connectivity index (χ0n) is 12.9. The highest BCUT2D eigenvalue weighted by Crippen LogP contribution is 2.39. The van der Waals surface area contributed by atoms with E-state index in [1.54, 1.807) is 0 Å². The first-order valence-electron chi connectivity index (χ1n) is 7.89. The summed E-state index contributed by atoms with van der Waals surface area (Å²) >= 11 is 0. The predicted molar refractivity (Wildman–Crippen MR) is 83.2 cm³/mol. The summed E-state index contributed by atoms with van der Waals surface area (Å²) in [6.45, 7) is 4.75. The first kappa shape index (κ1) is 13.7. The van der Waals surface area contributed by atoms with Gasteiger partial charge < -0.3 is 10.6 Å². The minimum absolute atomic E-state index is 0.513. The van der Waals surface area contributed by atoms with Crippen molar-refractivity contribution in [3.05, 3.63) is 11.9 Å². The largest absolute Gasteiger partial charge is 0.373 e. The van der Waals surface area contributed by atoms with Gasteiger partial charge in [-0.05, 0) is 43.9 Å². The average Bonchev–Trinajstić information content (AvgIpc) is 3.25. The van der Waals surface area contributed by atoms with Crippen molar-refractivity contribution in [2.24, 2.45) is 5.41 Å². The maximum atomic E-state index is 4.71. The van der Waals surface area contributed by atoms with Gasteiger partial charge in [0.15, 0.2) is 0 Å². The van der Waals surface area contributed by atoms with Crippen molar-refractivity contribution in [3.8, 4) is 0 Å². The molecule has 2 N–H and O–H groups in total. The number of hydrogen-bond acceptors (Lipinski definition) is 4. The van der Waals surface area contributed by atoms with Crippen LogP contribution in [0.15, 0.2) is 6.07 Å². The molecule has 0 unspecified atom stereocenters. The van der Waals surface area contributed by atoms with E-state index >= 15 is 0 Å². The van der Waals surface area contributed by atoms with Gasteiger partial charge in [0.1, 0.15) is 17.5 Å². The molecule has 0 saturated heterocycles. The normalized spacial score (nSPS) is 22.6. The fraction of sp³-hybridized carbons (Fsp3) is 0.750. The Balaban J connectivity index is 1.69. The molecule has 0 radical (unpaired) electrons. The lowest BCUT2D eigenvalue weighted by Gasteiger charge is -2.34. The Kier molecular flexibility index (Phi) is 3.57. The molecule has 3 rings (SSSR count). The molecule has 1 aromatic heterocycles. The van der Waals surface area contributed by atoms with Gasteiger partial charge >= 0.3 is 0 Å². The Labute approximate surface area is 121 Å². The summed E-state index contributed by atoms with van der Waals surface area (Å²) in [6, 6.07) is 2.60. The quantitative estimate of drug-likeness (QED) is 0.877. The van der Waals surface area contributed by atoms with Crippen molar-refractivity contribution in [2.75, 3.05) is 17.7 Å². The van der Waals surface area contributed by atoms with E-state index in [4.69, 9.17) is 4.98 Å². The Bertz CT molecular complexity index is 469. The fourth-order valence-electron chi connectivity index (χ4n) is 2.94. The smallest absolute Gasteiger partial charge is 0.136 e. The molecule has 20 heavy (non-hydrogen) atoms. The Morgan fingerprint density at radius 2 is 1.70 bits per heavy atom. The highest BCUT2D eigenvalue weighted by Gasteiger charge is 2.29. The van der Waals surface area contributed by atoms with E-state index in [1.165, 1.54) is 38.5 Å². The van der Waals surface area contributed by atoms with Gasteiger partial charge in [-0.3, -0.25) is 0 Å². The molecule has 1 aromatic rings. The van der Waals surface area contributed by atoms with Crippen molar-refractivity contribution in [2.45, 2.75) is 64.3 Å². The minimum Gasteiger partial charge on any atom is -0.373 e. The lowest BCUT2D eigenvalue weighted by Crippen LogP contribution is -2.30. The van der Waals surface area contributed by atoms with Crippen LogP contribution in [0.4, 0.5) is 11.6 Å². The van der Waals surface area contributed by atoms with E-state index in [1.807, 2.05) is 13.1 Å². The Morgan fingerprint density at radius 3 is 2.30 bits per heavy atom. The van der Waals surface area contributed by atoms with Crippen LogP contribution in [0.1, 0.15) is 64.1 Å². The van der Waals surface area contributed by atoms with Crippen LogP contribution in [0.25, 0.3) is 0 Å². The van der Waals surface area contributed by atoms with E-state index in [9.17, 15) is 0 Å². The lowest BCUT2D eigenvalue weighted by atomic mass is 9.75. The van der Waals surface area contributed by atoms with Crippen LogP contribution in [-0.2, 0) is 0 Å². The van der Waals surface area contributed by atoms with Crippen molar-refractivity contribution in [3.63, 3.8) is 0 Å². The number of nitrogens with zero attached hydrogens (tertiary/aromatic N) is 2. The van der Waals surface area contributed by atoms with Gasteiger partial charge in [-0.25, -0.2) is 9.97 Å². The van der Waals surface area contributed by atoms with Gasteiger partial charge in [0.2, 0.25) is 0 Å². The molecule has 2 saturated carbocycles. The monoisotopic (exact) mass is 274 g/mol. The minimum atomic E-state index is 0.513. The van der Waals surface area contributed by atoms with Crippen molar-refractivity contribution < 1.29 is 0 Å². The first-order valence-corrected chi connectivity index (χ1v) is 7.89. The average molecular weight is 274 g/mol. The highest BCUT2D eigenvalue weighted by atomic mass is 15.1. The van der Waals surface area contributed by atoms with Gasteiger partial charge in [0.05, 0.1) is 0 Å². The molecule has 4 heteroatoms. The van der Waals surface area contributed by atoms with Crippen molar-refractivity contribution in [1.82, 2.24) is 9.97 Å². The molecule has 1 heterocycles. The summed E-state index contributed by atoms with van der Waals surface area (Å²) in [6.07, 6.45) is 7.55. The van der Waals surface area contributed by atoms with E-state index < -0.39 is 0 Å². The third kappa shape index (κ3) is 3.22. The molecule has 110 valence electrons. The second kappa shape index (κ2) is 5.23. The molecular formula is C16H26N4. The van der Waals surface area contributed by atoms with Crippen molar-refractivity contribution >= 4 is 11.6 Å². The SMILES string of the molecule is CNc1cc(NC2CCC(C)(C)CC2)nc(C2CC2)n1. The second-order valence-corrected chi connectivity index (χ2v) is 7.10. The Morgan fingerprint density at radius 1 is 1.05 bits per heavy atom. The molecule has 2 fully saturated rings. The molecule has 2 aliphatic rings. The van der Waals surface area contributed by atoms with Gasteiger partial charge in [0, 0.05) is 25.1 Å². The molecular weight excluding hydrogens is 248 g/mol. The number of hydrogen-bond donors (Lipinski definition) is 2. The van der Waals surface area contributed by atoms with Gasteiger partial charge in [0.25, 0.3) is 0 Å². The van der Waals surface area contributed by atoms with Gasteiger partial charge in [-0.1, -0.05) is 13.8 Å². The third-order valence-electron chi connectivity index (χ3n) is 4.63. The van der Waals surface area contributed by atoms with E-state index in [2.05, 4.69) is 29.5 Å². The zero-order valence-corrected chi connectivity index (χ0v) is 12.9. The zero-order chi connectivity index (χ0) is 14.2. The number of anilines is 2. The van der Waals surface area contributed by atoms with Crippen LogP contribution < -0.4 is 10.6 Å². The first-order chi connectivity index (χ1) is 9.55. The second-order valence-electron chi connectivity index (χ2n) is 7.10. The summed E-state index contributed by atoms with van der Waals surface area (Å²) in [5, 5.41) is 6.77. The van der Waals surface area contributed by atoms with Crippen LogP contribution in [0.2, 0.25) is 0 Å². The molecule has 0 bridgehead atoms. The third-order valence-corrected chi connectivity index (χ3v) is 4.63. The van der Waals surface area contributed by atoms with E-state index in [0.717, 1.165) is 17.5 Å². The molecule has 0 atom stereocenters. The molecule has 4 nitrogen and oxygen atoms in total. The molecule has 0 aliphatic heterocycles.